The van der Waals surface area contributed by atoms with Crippen LogP contribution in [0.1, 0.15) is 45.4 Å². The van der Waals surface area contributed by atoms with Crippen molar-refractivity contribution in [3.8, 4) is 0 Å². The molecule has 0 aliphatic heterocycles. The molecule has 1 saturated carbocycles. The molecule has 0 bridgehead atoms. The Morgan fingerprint density at radius 3 is 2.59 bits per heavy atom. The van der Waals surface area contributed by atoms with Gasteiger partial charge in [-0.2, -0.15) is 0 Å². The molecular formula is C14H25NO2. The van der Waals surface area contributed by atoms with Gasteiger partial charge >= 0.3 is 5.97 Å². The molecule has 1 atom stereocenters. The summed E-state index contributed by atoms with van der Waals surface area (Å²) in [6, 6.07) is -0.352. The smallest absolute Gasteiger partial charge is 0.320 e. The zero-order valence-electron chi connectivity index (χ0n) is 10.9. The standard InChI is InChI=1S/C14H25NO2/c1-3-10-15(13(4-2)14(16)17)11-12-8-6-5-7-9-12/h3,12-13H,1,4-11H2,2H3,(H,16,17). The van der Waals surface area contributed by atoms with Gasteiger partial charge in [0.1, 0.15) is 6.04 Å². The molecular weight excluding hydrogens is 214 g/mol. The average Bonchev–Trinajstić information content (AvgIpc) is 2.31. The summed E-state index contributed by atoms with van der Waals surface area (Å²) in [6.07, 6.45) is 8.93. The monoisotopic (exact) mass is 239 g/mol. The zero-order valence-corrected chi connectivity index (χ0v) is 10.9. The number of carboxylic acids is 1. The summed E-state index contributed by atoms with van der Waals surface area (Å²) < 4.78 is 0. The van der Waals surface area contributed by atoms with Crippen molar-refractivity contribution in [3.05, 3.63) is 12.7 Å². The van der Waals surface area contributed by atoms with Gasteiger partial charge in [-0.25, -0.2) is 0 Å². The van der Waals surface area contributed by atoms with Crippen LogP contribution in [0.3, 0.4) is 0 Å². The van der Waals surface area contributed by atoms with E-state index >= 15 is 0 Å². The van der Waals surface area contributed by atoms with Crippen LogP contribution in [0, 0.1) is 5.92 Å². The highest BCUT2D eigenvalue weighted by Crippen LogP contribution is 2.25. The summed E-state index contributed by atoms with van der Waals surface area (Å²) in [7, 11) is 0. The second kappa shape index (κ2) is 7.49. The summed E-state index contributed by atoms with van der Waals surface area (Å²) >= 11 is 0. The summed E-state index contributed by atoms with van der Waals surface area (Å²) in [5.41, 5.74) is 0. The van der Waals surface area contributed by atoms with Crippen LogP contribution in [0.5, 0.6) is 0 Å². The van der Waals surface area contributed by atoms with Crippen LogP contribution in [0.4, 0.5) is 0 Å². The Morgan fingerprint density at radius 2 is 2.12 bits per heavy atom. The molecule has 3 nitrogen and oxygen atoms in total. The van der Waals surface area contributed by atoms with Crippen molar-refractivity contribution in [2.75, 3.05) is 13.1 Å². The molecule has 0 aromatic rings. The van der Waals surface area contributed by atoms with Gasteiger partial charge in [0.15, 0.2) is 0 Å². The van der Waals surface area contributed by atoms with E-state index in [4.69, 9.17) is 0 Å². The molecule has 1 N–H and O–H groups in total. The lowest BCUT2D eigenvalue weighted by molar-refractivity contribution is -0.143. The van der Waals surface area contributed by atoms with Gasteiger partial charge in [-0.3, -0.25) is 9.69 Å². The molecule has 1 fully saturated rings. The minimum atomic E-state index is -0.704. The Morgan fingerprint density at radius 1 is 1.47 bits per heavy atom. The Balaban J connectivity index is 2.56. The number of hydrogen-bond donors (Lipinski definition) is 1. The van der Waals surface area contributed by atoms with Crippen molar-refractivity contribution in [2.45, 2.75) is 51.5 Å². The first-order chi connectivity index (χ1) is 8.19. The van der Waals surface area contributed by atoms with E-state index in [0.29, 0.717) is 18.9 Å². The Kier molecular flexibility index (Phi) is 6.27. The molecule has 1 rings (SSSR count). The summed E-state index contributed by atoms with van der Waals surface area (Å²) in [4.78, 5) is 13.3. The molecule has 0 aromatic heterocycles. The van der Waals surface area contributed by atoms with Crippen LogP contribution in [0.2, 0.25) is 0 Å². The van der Waals surface area contributed by atoms with Crippen LogP contribution < -0.4 is 0 Å². The van der Waals surface area contributed by atoms with Crippen molar-refractivity contribution in [2.24, 2.45) is 5.92 Å². The van der Waals surface area contributed by atoms with E-state index in [9.17, 15) is 9.90 Å². The molecule has 1 unspecified atom stereocenters. The molecule has 98 valence electrons. The fraction of sp³-hybridized carbons (Fsp3) is 0.786. The first-order valence-corrected chi connectivity index (χ1v) is 6.76. The zero-order chi connectivity index (χ0) is 12.7. The predicted octanol–water partition coefficient (Wildman–Crippen LogP) is 2.92. The van der Waals surface area contributed by atoms with Crippen LogP contribution in [-0.4, -0.2) is 35.1 Å². The number of carbonyl (C=O) groups is 1. The molecule has 1 aliphatic carbocycles. The Labute approximate surface area is 105 Å². The quantitative estimate of drug-likeness (QED) is 0.694. The summed E-state index contributed by atoms with van der Waals surface area (Å²) in [5, 5.41) is 9.22. The van der Waals surface area contributed by atoms with Gasteiger partial charge in [0.25, 0.3) is 0 Å². The van der Waals surface area contributed by atoms with Gasteiger partial charge in [0.2, 0.25) is 0 Å². The predicted molar refractivity (Wildman–Crippen MR) is 70.1 cm³/mol. The van der Waals surface area contributed by atoms with Crippen molar-refractivity contribution in [1.29, 1.82) is 0 Å². The van der Waals surface area contributed by atoms with E-state index < -0.39 is 5.97 Å². The van der Waals surface area contributed by atoms with E-state index in [1.165, 1.54) is 32.1 Å². The molecule has 17 heavy (non-hydrogen) atoms. The lowest BCUT2D eigenvalue weighted by Crippen LogP contribution is -2.43. The molecule has 0 radical (unpaired) electrons. The molecule has 0 spiro atoms. The van der Waals surface area contributed by atoms with Crippen molar-refractivity contribution in [1.82, 2.24) is 4.90 Å². The number of rotatable bonds is 7. The van der Waals surface area contributed by atoms with Gasteiger partial charge < -0.3 is 5.11 Å². The molecule has 0 aromatic carbocycles. The van der Waals surface area contributed by atoms with Gasteiger partial charge in [0.05, 0.1) is 0 Å². The van der Waals surface area contributed by atoms with Crippen molar-refractivity contribution < 1.29 is 9.90 Å². The molecule has 0 heterocycles. The molecule has 0 saturated heterocycles. The fourth-order valence-electron chi connectivity index (χ4n) is 2.79. The first kappa shape index (κ1) is 14.2. The average molecular weight is 239 g/mol. The number of nitrogens with zero attached hydrogens (tertiary/aromatic N) is 1. The summed E-state index contributed by atoms with van der Waals surface area (Å²) in [5.74, 6) is -0.0257. The van der Waals surface area contributed by atoms with E-state index in [2.05, 4.69) is 11.5 Å². The normalized spacial score (nSPS) is 19.2. The number of hydrogen-bond acceptors (Lipinski definition) is 2. The minimum absolute atomic E-state index is 0.352. The molecule has 3 heteroatoms. The molecule has 0 amide bonds. The van der Waals surface area contributed by atoms with Gasteiger partial charge in [0, 0.05) is 13.1 Å². The van der Waals surface area contributed by atoms with Gasteiger partial charge in [-0.15, -0.1) is 6.58 Å². The van der Waals surface area contributed by atoms with Crippen LogP contribution in [0.15, 0.2) is 12.7 Å². The maximum absolute atomic E-state index is 11.2. The maximum atomic E-state index is 11.2. The maximum Gasteiger partial charge on any atom is 0.320 e. The van der Waals surface area contributed by atoms with Gasteiger partial charge in [-0.1, -0.05) is 32.3 Å². The van der Waals surface area contributed by atoms with E-state index in [0.717, 1.165) is 6.54 Å². The van der Waals surface area contributed by atoms with E-state index in [-0.39, 0.29) is 6.04 Å². The first-order valence-electron chi connectivity index (χ1n) is 6.76. The third-order valence-electron chi connectivity index (χ3n) is 3.69. The lowest BCUT2D eigenvalue weighted by atomic mass is 9.88. The Bertz CT molecular complexity index is 247. The lowest BCUT2D eigenvalue weighted by Gasteiger charge is -2.32. The number of carboxylic acid groups (broad SMARTS) is 1. The van der Waals surface area contributed by atoms with Crippen molar-refractivity contribution >= 4 is 5.97 Å². The fourth-order valence-corrected chi connectivity index (χ4v) is 2.79. The highest BCUT2D eigenvalue weighted by atomic mass is 16.4. The van der Waals surface area contributed by atoms with Crippen LogP contribution in [0.25, 0.3) is 0 Å². The topological polar surface area (TPSA) is 40.5 Å². The third kappa shape index (κ3) is 4.50. The Hall–Kier alpha value is -0.830. The van der Waals surface area contributed by atoms with Crippen LogP contribution in [-0.2, 0) is 4.79 Å². The SMILES string of the molecule is C=CCN(CC1CCCCC1)C(CC)C(=O)O. The molecule has 1 aliphatic rings. The minimum Gasteiger partial charge on any atom is -0.480 e. The largest absolute Gasteiger partial charge is 0.480 e. The second-order valence-corrected chi connectivity index (χ2v) is 5.01. The highest BCUT2D eigenvalue weighted by Gasteiger charge is 2.25. The van der Waals surface area contributed by atoms with Crippen molar-refractivity contribution in [3.63, 3.8) is 0 Å². The number of aliphatic carboxylic acids is 1. The van der Waals surface area contributed by atoms with E-state index in [1.807, 2.05) is 13.0 Å². The van der Waals surface area contributed by atoms with Crippen LogP contribution >= 0.6 is 0 Å². The summed E-state index contributed by atoms with van der Waals surface area (Å²) in [6.45, 7) is 7.27. The highest BCUT2D eigenvalue weighted by molar-refractivity contribution is 5.73. The van der Waals surface area contributed by atoms with Gasteiger partial charge in [-0.05, 0) is 25.2 Å². The van der Waals surface area contributed by atoms with E-state index in [1.54, 1.807) is 0 Å². The second-order valence-electron chi connectivity index (χ2n) is 5.01. The third-order valence-corrected chi connectivity index (χ3v) is 3.69.